The zero-order valence-corrected chi connectivity index (χ0v) is 5.97. The summed E-state index contributed by atoms with van der Waals surface area (Å²) in [6.07, 6.45) is 5.03. The summed E-state index contributed by atoms with van der Waals surface area (Å²) in [5.74, 6) is 1.69. The number of hydrogen-bond acceptors (Lipinski definition) is 2. The Morgan fingerprint density at radius 3 is 2.91 bits per heavy atom. The van der Waals surface area contributed by atoms with Crippen LogP contribution in [0, 0.1) is 18.2 Å². The van der Waals surface area contributed by atoms with Crippen molar-refractivity contribution >= 4 is 0 Å². The lowest BCUT2D eigenvalue weighted by Crippen LogP contribution is -1.93. The second kappa shape index (κ2) is 3.02. The van der Waals surface area contributed by atoms with Crippen molar-refractivity contribution in [3.05, 3.63) is 23.6 Å². The molecule has 0 amide bonds. The average Bonchev–Trinajstić information content (AvgIpc) is 2.05. The van der Waals surface area contributed by atoms with E-state index in [4.69, 9.17) is 6.42 Å². The van der Waals surface area contributed by atoms with E-state index in [1.807, 2.05) is 0 Å². The Morgan fingerprint density at radius 2 is 2.36 bits per heavy atom. The lowest BCUT2D eigenvalue weighted by Gasteiger charge is -1.98. The molecule has 0 radical (unpaired) electrons. The van der Waals surface area contributed by atoms with E-state index in [1.54, 1.807) is 0 Å². The number of hydrogen-bond donors (Lipinski definition) is 0. The van der Waals surface area contributed by atoms with Gasteiger partial charge in [-0.3, -0.25) is 0 Å². The second-order valence-electron chi connectivity index (χ2n) is 1.83. The molecule has 0 saturated carbocycles. The van der Waals surface area contributed by atoms with Gasteiger partial charge < -0.3 is 4.74 Å². The topological polar surface area (TPSA) is 22.1 Å². The highest BCUT2D eigenvalue weighted by atomic mass is 19.1. The van der Waals surface area contributed by atoms with Crippen LogP contribution in [-0.2, 0) is 0 Å². The van der Waals surface area contributed by atoms with Crippen molar-refractivity contribution in [1.29, 1.82) is 0 Å². The van der Waals surface area contributed by atoms with Gasteiger partial charge in [-0.05, 0) is 12.1 Å². The summed E-state index contributed by atoms with van der Waals surface area (Å²) in [6, 6.07) is 2.64. The van der Waals surface area contributed by atoms with Crippen LogP contribution in [0.5, 0.6) is 5.88 Å². The number of halogens is 1. The maximum absolute atomic E-state index is 12.7. The molecular weight excluding hydrogens is 145 g/mol. The first-order valence-corrected chi connectivity index (χ1v) is 2.95. The molecule has 56 valence electrons. The normalized spacial score (nSPS) is 8.82. The van der Waals surface area contributed by atoms with Gasteiger partial charge in [0, 0.05) is 0 Å². The lowest BCUT2D eigenvalue weighted by molar-refractivity contribution is 0.368. The SMILES string of the molecule is C#Cc1ccc(F)c(OC)n1. The first-order valence-electron chi connectivity index (χ1n) is 2.95. The van der Waals surface area contributed by atoms with Crippen LogP contribution in [0.1, 0.15) is 5.69 Å². The highest BCUT2D eigenvalue weighted by Gasteiger charge is 2.02. The summed E-state index contributed by atoms with van der Waals surface area (Å²) in [4.78, 5) is 3.68. The first kappa shape index (κ1) is 7.55. The summed E-state index contributed by atoms with van der Waals surface area (Å²) in [6.45, 7) is 0. The van der Waals surface area contributed by atoms with Crippen molar-refractivity contribution in [2.75, 3.05) is 7.11 Å². The molecule has 0 aliphatic carbocycles. The van der Waals surface area contributed by atoms with E-state index in [2.05, 4.69) is 15.6 Å². The van der Waals surface area contributed by atoms with E-state index in [0.29, 0.717) is 5.69 Å². The fourth-order valence-electron chi connectivity index (χ4n) is 0.647. The summed E-state index contributed by atoms with van der Waals surface area (Å²) in [5, 5.41) is 0. The Labute approximate surface area is 64.0 Å². The zero-order valence-electron chi connectivity index (χ0n) is 5.97. The molecule has 0 aromatic carbocycles. The number of aromatic nitrogens is 1. The van der Waals surface area contributed by atoms with Gasteiger partial charge in [0.1, 0.15) is 5.69 Å². The van der Waals surface area contributed by atoms with Gasteiger partial charge in [-0.2, -0.15) is 0 Å². The van der Waals surface area contributed by atoms with E-state index < -0.39 is 5.82 Å². The lowest BCUT2D eigenvalue weighted by atomic mass is 10.3. The molecule has 0 aliphatic rings. The van der Waals surface area contributed by atoms with Crippen molar-refractivity contribution < 1.29 is 9.13 Å². The smallest absolute Gasteiger partial charge is 0.251 e. The highest BCUT2D eigenvalue weighted by Crippen LogP contribution is 2.12. The molecule has 0 unspecified atom stereocenters. The molecule has 0 saturated heterocycles. The van der Waals surface area contributed by atoms with Crippen molar-refractivity contribution in [3.63, 3.8) is 0 Å². The van der Waals surface area contributed by atoms with Gasteiger partial charge in [-0.15, -0.1) is 6.42 Å². The summed E-state index contributed by atoms with van der Waals surface area (Å²) in [7, 11) is 1.34. The van der Waals surface area contributed by atoms with Crippen LogP contribution in [0.15, 0.2) is 12.1 Å². The Kier molecular flexibility index (Phi) is 2.07. The molecule has 3 heteroatoms. The maximum Gasteiger partial charge on any atom is 0.251 e. The van der Waals surface area contributed by atoms with Crippen LogP contribution in [0.2, 0.25) is 0 Å². The molecule has 1 heterocycles. The molecule has 1 aromatic rings. The van der Waals surface area contributed by atoms with E-state index in [0.717, 1.165) is 0 Å². The molecule has 11 heavy (non-hydrogen) atoms. The molecule has 0 atom stereocenters. The Balaban J connectivity index is 3.15. The van der Waals surface area contributed by atoms with Crippen LogP contribution in [0.25, 0.3) is 0 Å². The number of nitrogens with zero attached hydrogens (tertiary/aromatic N) is 1. The number of pyridine rings is 1. The van der Waals surface area contributed by atoms with Crippen LogP contribution >= 0.6 is 0 Å². The molecule has 2 nitrogen and oxygen atoms in total. The molecule has 1 rings (SSSR count). The number of ether oxygens (including phenoxy) is 1. The number of terminal acetylenes is 1. The fraction of sp³-hybridized carbons (Fsp3) is 0.125. The summed E-state index contributed by atoms with van der Waals surface area (Å²) in [5.41, 5.74) is 0.364. The molecule has 0 fully saturated rings. The van der Waals surface area contributed by atoms with Gasteiger partial charge >= 0.3 is 0 Å². The monoisotopic (exact) mass is 151 g/mol. The molecule has 0 N–H and O–H groups in total. The van der Waals surface area contributed by atoms with E-state index in [9.17, 15) is 4.39 Å². The Morgan fingerprint density at radius 1 is 1.64 bits per heavy atom. The van der Waals surface area contributed by atoms with Gasteiger partial charge in [0.05, 0.1) is 7.11 Å². The van der Waals surface area contributed by atoms with Gasteiger partial charge in [0.2, 0.25) is 0 Å². The molecule has 1 aromatic heterocycles. The third-order valence-electron chi connectivity index (χ3n) is 1.16. The Hall–Kier alpha value is -1.56. The predicted octanol–water partition coefficient (Wildman–Crippen LogP) is 1.21. The fourth-order valence-corrected chi connectivity index (χ4v) is 0.647. The average molecular weight is 151 g/mol. The summed E-state index contributed by atoms with van der Waals surface area (Å²) >= 11 is 0. The molecule has 0 bridgehead atoms. The largest absolute Gasteiger partial charge is 0.479 e. The highest BCUT2D eigenvalue weighted by molar-refractivity contribution is 5.28. The minimum Gasteiger partial charge on any atom is -0.479 e. The summed E-state index contributed by atoms with van der Waals surface area (Å²) < 4.78 is 17.3. The van der Waals surface area contributed by atoms with Crippen LogP contribution in [0.4, 0.5) is 4.39 Å². The van der Waals surface area contributed by atoms with Crippen LogP contribution in [-0.4, -0.2) is 12.1 Å². The number of methoxy groups -OCH3 is 1. The third-order valence-corrected chi connectivity index (χ3v) is 1.16. The minimum atomic E-state index is -0.508. The zero-order chi connectivity index (χ0) is 8.27. The number of rotatable bonds is 1. The molecule has 0 aliphatic heterocycles. The van der Waals surface area contributed by atoms with Crippen molar-refractivity contribution in [1.82, 2.24) is 4.98 Å². The van der Waals surface area contributed by atoms with E-state index in [1.165, 1.54) is 19.2 Å². The second-order valence-corrected chi connectivity index (χ2v) is 1.83. The van der Waals surface area contributed by atoms with Crippen molar-refractivity contribution in [2.24, 2.45) is 0 Å². The maximum atomic E-state index is 12.7. The molecule has 0 spiro atoms. The van der Waals surface area contributed by atoms with Gasteiger partial charge in [-0.1, -0.05) is 5.92 Å². The van der Waals surface area contributed by atoms with E-state index in [-0.39, 0.29) is 5.88 Å². The first-order chi connectivity index (χ1) is 5.27. The molecular formula is C8H6FNO. The van der Waals surface area contributed by atoms with Crippen molar-refractivity contribution in [2.45, 2.75) is 0 Å². The Bertz CT molecular complexity index is 303. The van der Waals surface area contributed by atoms with Crippen molar-refractivity contribution in [3.8, 4) is 18.2 Å². The quantitative estimate of drug-likeness (QED) is 0.563. The minimum absolute atomic E-state index is 0.0690. The van der Waals surface area contributed by atoms with E-state index >= 15 is 0 Å². The van der Waals surface area contributed by atoms with Gasteiger partial charge in [0.25, 0.3) is 5.88 Å². The third kappa shape index (κ3) is 1.47. The van der Waals surface area contributed by atoms with Gasteiger partial charge in [-0.25, -0.2) is 9.37 Å². The standard InChI is InChI=1S/C8H6FNO/c1-3-6-4-5-7(9)8(10-6)11-2/h1,4-5H,2H3. The van der Waals surface area contributed by atoms with Gasteiger partial charge in [0.15, 0.2) is 5.82 Å². The van der Waals surface area contributed by atoms with Crippen LogP contribution < -0.4 is 4.74 Å². The van der Waals surface area contributed by atoms with Crippen LogP contribution in [0.3, 0.4) is 0 Å². The predicted molar refractivity (Wildman–Crippen MR) is 38.7 cm³/mol.